The lowest BCUT2D eigenvalue weighted by atomic mass is 10.1. The van der Waals surface area contributed by atoms with E-state index in [4.69, 9.17) is 23.9 Å². The Morgan fingerprint density at radius 1 is 0.972 bits per heavy atom. The highest BCUT2D eigenvalue weighted by Crippen LogP contribution is 2.38. The van der Waals surface area contributed by atoms with Crippen LogP contribution in [0.3, 0.4) is 0 Å². The van der Waals surface area contributed by atoms with E-state index in [1.165, 1.54) is 0 Å². The summed E-state index contributed by atoms with van der Waals surface area (Å²) in [6.07, 6.45) is 3.37. The molecule has 0 bridgehead atoms. The molecule has 1 aromatic heterocycles. The van der Waals surface area contributed by atoms with Crippen molar-refractivity contribution < 1.29 is 23.7 Å². The van der Waals surface area contributed by atoms with Crippen molar-refractivity contribution in [1.29, 1.82) is 0 Å². The molecule has 36 heavy (non-hydrogen) atoms. The number of hydrogen-bond donors (Lipinski definition) is 0. The number of thiazole rings is 1. The Labute approximate surface area is 215 Å². The van der Waals surface area contributed by atoms with Gasteiger partial charge in [-0.2, -0.15) is 0 Å². The maximum atomic E-state index is 12.8. The smallest absolute Gasteiger partial charge is 0.246 e. The van der Waals surface area contributed by atoms with Crippen molar-refractivity contribution >= 4 is 23.3 Å². The van der Waals surface area contributed by atoms with Crippen LogP contribution < -0.4 is 18.9 Å². The average molecular weight is 510 g/mol. The third-order valence-electron chi connectivity index (χ3n) is 6.07. The van der Waals surface area contributed by atoms with Gasteiger partial charge in [0.2, 0.25) is 11.7 Å². The molecule has 190 valence electrons. The molecule has 0 aliphatic carbocycles. The van der Waals surface area contributed by atoms with E-state index in [2.05, 4.69) is 10.3 Å². The van der Waals surface area contributed by atoms with Crippen molar-refractivity contribution in [2.24, 2.45) is 0 Å². The van der Waals surface area contributed by atoms with Gasteiger partial charge in [0.15, 0.2) is 11.5 Å². The molecule has 0 saturated carbocycles. The minimum absolute atomic E-state index is 0.0158. The van der Waals surface area contributed by atoms with Gasteiger partial charge in [0.1, 0.15) is 10.8 Å². The minimum atomic E-state index is -0.0158. The molecule has 2 heterocycles. The Bertz CT molecular complexity index is 1190. The number of aromatic nitrogens is 1. The number of piperazine rings is 1. The Hall–Kier alpha value is -3.56. The fraction of sp³-hybridized carbons (Fsp3) is 0.333. The number of hydrogen-bond acceptors (Lipinski definition) is 8. The van der Waals surface area contributed by atoms with E-state index in [0.29, 0.717) is 30.3 Å². The third-order valence-corrected chi connectivity index (χ3v) is 6.90. The van der Waals surface area contributed by atoms with E-state index >= 15 is 0 Å². The van der Waals surface area contributed by atoms with Crippen molar-refractivity contribution in [1.82, 2.24) is 14.8 Å². The van der Waals surface area contributed by atoms with Crippen LogP contribution in [0.5, 0.6) is 23.0 Å². The first-order chi connectivity index (χ1) is 17.5. The fourth-order valence-corrected chi connectivity index (χ4v) is 4.93. The van der Waals surface area contributed by atoms with E-state index in [0.717, 1.165) is 47.2 Å². The summed E-state index contributed by atoms with van der Waals surface area (Å²) >= 11 is 1.66. The largest absolute Gasteiger partial charge is 0.497 e. The van der Waals surface area contributed by atoms with Gasteiger partial charge >= 0.3 is 0 Å². The lowest BCUT2D eigenvalue weighted by Crippen LogP contribution is -2.47. The molecule has 1 aliphatic rings. The molecule has 9 heteroatoms. The van der Waals surface area contributed by atoms with Crippen LogP contribution >= 0.6 is 11.3 Å². The van der Waals surface area contributed by atoms with E-state index in [1.807, 2.05) is 41.3 Å². The maximum Gasteiger partial charge on any atom is 0.246 e. The summed E-state index contributed by atoms with van der Waals surface area (Å²) < 4.78 is 21.5. The number of benzene rings is 2. The second-order valence-electron chi connectivity index (χ2n) is 8.25. The highest BCUT2D eigenvalue weighted by atomic mass is 32.1. The Morgan fingerprint density at radius 2 is 1.69 bits per heavy atom. The first kappa shape index (κ1) is 25.5. The lowest BCUT2D eigenvalue weighted by molar-refractivity contribution is -0.127. The molecule has 2 aromatic carbocycles. The average Bonchev–Trinajstić information content (AvgIpc) is 3.39. The molecule has 3 aromatic rings. The summed E-state index contributed by atoms with van der Waals surface area (Å²) in [6.45, 7) is 3.73. The highest BCUT2D eigenvalue weighted by molar-refractivity contribution is 7.09. The Morgan fingerprint density at radius 3 is 2.33 bits per heavy atom. The summed E-state index contributed by atoms with van der Waals surface area (Å²) in [5.74, 6) is 2.43. The van der Waals surface area contributed by atoms with Gasteiger partial charge in [0.25, 0.3) is 0 Å². The van der Waals surface area contributed by atoms with Gasteiger partial charge < -0.3 is 23.8 Å². The van der Waals surface area contributed by atoms with Gasteiger partial charge in [0, 0.05) is 43.2 Å². The van der Waals surface area contributed by atoms with E-state index in [-0.39, 0.29) is 5.91 Å². The van der Waals surface area contributed by atoms with Crippen LogP contribution in [0.25, 0.3) is 17.3 Å². The van der Waals surface area contributed by atoms with Crippen LogP contribution in [0.4, 0.5) is 0 Å². The van der Waals surface area contributed by atoms with E-state index in [9.17, 15) is 4.79 Å². The van der Waals surface area contributed by atoms with Gasteiger partial charge in [-0.15, -0.1) is 11.3 Å². The quantitative estimate of drug-likeness (QED) is 0.400. The number of methoxy groups -OCH3 is 4. The normalized spacial score (nSPS) is 14.2. The number of amides is 1. The minimum Gasteiger partial charge on any atom is -0.497 e. The molecule has 1 fully saturated rings. The molecule has 4 rings (SSSR count). The molecule has 0 radical (unpaired) electrons. The zero-order chi connectivity index (χ0) is 25.5. The van der Waals surface area contributed by atoms with Crippen LogP contribution in [-0.4, -0.2) is 75.3 Å². The molecular formula is C27H31N3O5S. The summed E-state index contributed by atoms with van der Waals surface area (Å²) in [5.41, 5.74) is 2.80. The van der Waals surface area contributed by atoms with Crippen molar-refractivity contribution in [2.45, 2.75) is 6.54 Å². The van der Waals surface area contributed by atoms with Crippen molar-refractivity contribution in [3.63, 3.8) is 0 Å². The number of carbonyl (C=O) groups is 1. The Kier molecular flexibility index (Phi) is 8.45. The summed E-state index contributed by atoms with van der Waals surface area (Å²) in [6, 6.07) is 11.6. The molecule has 0 atom stereocenters. The first-order valence-corrected chi connectivity index (χ1v) is 12.5. The molecule has 0 N–H and O–H groups in total. The van der Waals surface area contributed by atoms with Gasteiger partial charge in [-0.1, -0.05) is 12.1 Å². The highest BCUT2D eigenvalue weighted by Gasteiger charge is 2.21. The molecule has 8 nitrogen and oxygen atoms in total. The van der Waals surface area contributed by atoms with Crippen molar-refractivity contribution in [2.75, 3.05) is 54.6 Å². The van der Waals surface area contributed by atoms with Gasteiger partial charge in [-0.05, 0) is 35.9 Å². The van der Waals surface area contributed by atoms with Crippen molar-refractivity contribution in [3.8, 4) is 34.3 Å². The topological polar surface area (TPSA) is 73.4 Å². The number of carbonyl (C=O) groups excluding carboxylic acids is 1. The van der Waals surface area contributed by atoms with Gasteiger partial charge in [-0.25, -0.2) is 4.98 Å². The van der Waals surface area contributed by atoms with Gasteiger partial charge in [0.05, 0.1) is 40.7 Å². The van der Waals surface area contributed by atoms with Crippen LogP contribution in [0.2, 0.25) is 0 Å². The molecule has 0 spiro atoms. The van der Waals surface area contributed by atoms with Gasteiger partial charge in [-0.3, -0.25) is 9.69 Å². The number of ether oxygens (including phenoxy) is 4. The number of nitrogens with zero attached hydrogens (tertiary/aromatic N) is 3. The predicted octanol–water partition coefficient (Wildman–Crippen LogP) is 4.20. The van der Waals surface area contributed by atoms with Crippen LogP contribution in [-0.2, 0) is 11.3 Å². The van der Waals surface area contributed by atoms with Crippen LogP contribution in [0.15, 0.2) is 47.9 Å². The van der Waals surface area contributed by atoms with Crippen LogP contribution in [0, 0.1) is 0 Å². The second kappa shape index (κ2) is 11.9. The first-order valence-electron chi connectivity index (χ1n) is 11.6. The zero-order valence-electron chi connectivity index (χ0n) is 21.0. The fourth-order valence-electron chi connectivity index (χ4n) is 4.09. The second-order valence-corrected chi connectivity index (χ2v) is 9.19. The number of rotatable bonds is 9. The molecular weight excluding hydrogens is 478 g/mol. The molecule has 1 saturated heterocycles. The van der Waals surface area contributed by atoms with Crippen LogP contribution in [0.1, 0.15) is 10.6 Å². The molecule has 0 unspecified atom stereocenters. The lowest BCUT2D eigenvalue weighted by Gasteiger charge is -2.33. The summed E-state index contributed by atoms with van der Waals surface area (Å²) in [4.78, 5) is 21.8. The molecule has 1 aliphatic heterocycles. The summed E-state index contributed by atoms with van der Waals surface area (Å²) in [7, 11) is 6.37. The van der Waals surface area contributed by atoms with E-state index < -0.39 is 0 Å². The molecule has 1 amide bonds. The monoisotopic (exact) mass is 509 g/mol. The predicted molar refractivity (Wildman–Crippen MR) is 141 cm³/mol. The SMILES string of the molecule is COc1cccc(-c2csc(CN3CCN(C(=O)/C=C\c4cc(OC)c(OC)c(OC)c4)CC3)n2)c1. The zero-order valence-corrected chi connectivity index (χ0v) is 21.8. The maximum absolute atomic E-state index is 12.8. The van der Waals surface area contributed by atoms with E-state index in [1.54, 1.807) is 51.9 Å². The van der Waals surface area contributed by atoms with Crippen molar-refractivity contribution in [3.05, 3.63) is 58.4 Å². The summed E-state index contributed by atoms with van der Waals surface area (Å²) in [5, 5.41) is 3.15. The Balaban J connectivity index is 1.32. The standard InChI is InChI=1S/C27H31N3O5S/c1-32-21-7-5-6-20(16-21)22-18-36-25(28-22)17-29-10-12-30(13-11-29)26(31)9-8-19-14-23(33-2)27(35-4)24(15-19)34-3/h5-9,14-16,18H,10-13,17H2,1-4H3/b9-8-. The third kappa shape index (κ3) is 5.98.